The number of aryl methyl sites for hydroxylation is 2. The number of carbonyl (C=O) groups is 3. The van der Waals surface area contributed by atoms with Crippen molar-refractivity contribution in [1.29, 1.82) is 0 Å². The van der Waals surface area contributed by atoms with E-state index in [0.717, 1.165) is 4.90 Å². The fourth-order valence-corrected chi connectivity index (χ4v) is 3.38. The van der Waals surface area contributed by atoms with Crippen molar-refractivity contribution in [1.82, 2.24) is 14.5 Å². The first-order valence-electron chi connectivity index (χ1n) is 9.06. The molecule has 146 valence electrons. The highest BCUT2D eigenvalue weighted by Gasteiger charge is 2.35. The Morgan fingerprint density at radius 2 is 1.69 bits per heavy atom. The van der Waals surface area contributed by atoms with Crippen LogP contribution in [0.1, 0.15) is 43.7 Å². The zero-order valence-corrected chi connectivity index (χ0v) is 15.8. The highest BCUT2D eigenvalue weighted by molar-refractivity contribution is 6.21. The van der Waals surface area contributed by atoms with Gasteiger partial charge in [0.2, 0.25) is 0 Å². The first-order valence-corrected chi connectivity index (χ1v) is 9.06. The molecule has 2 heterocycles. The van der Waals surface area contributed by atoms with Gasteiger partial charge in [0.05, 0.1) is 27.7 Å². The van der Waals surface area contributed by atoms with Crippen molar-refractivity contribution in [2.45, 2.75) is 20.4 Å². The molecule has 1 aromatic heterocycles. The van der Waals surface area contributed by atoms with Gasteiger partial charge in [0.25, 0.3) is 17.4 Å². The molecule has 0 bridgehead atoms. The molecular weight excluding hydrogens is 374 g/mol. The van der Waals surface area contributed by atoms with Gasteiger partial charge in [-0.25, -0.2) is 14.7 Å². The highest BCUT2D eigenvalue weighted by atomic mass is 16.5. The molecule has 0 saturated heterocycles. The van der Waals surface area contributed by atoms with Gasteiger partial charge >= 0.3 is 5.97 Å². The van der Waals surface area contributed by atoms with Crippen LogP contribution in [0, 0.1) is 6.92 Å². The lowest BCUT2D eigenvalue weighted by Gasteiger charge is -2.14. The van der Waals surface area contributed by atoms with Crippen molar-refractivity contribution in [2.24, 2.45) is 0 Å². The summed E-state index contributed by atoms with van der Waals surface area (Å²) in [6.45, 7) is 3.46. The Labute approximate surface area is 165 Å². The molecular formula is C21H17N3O5. The van der Waals surface area contributed by atoms with E-state index in [4.69, 9.17) is 4.74 Å². The number of carbonyl (C=O) groups excluding carboxylic acids is 3. The van der Waals surface area contributed by atoms with Gasteiger partial charge in [-0.15, -0.1) is 0 Å². The fourth-order valence-electron chi connectivity index (χ4n) is 3.38. The lowest BCUT2D eigenvalue weighted by atomic mass is 10.1. The van der Waals surface area contributed by atoms with Crippen LogP contribution < -0.4 is 5.56 Å². The predicted octanol–water partition coefficient (Wildman–Crippen LogP) is 2.14. The Morgan fingerprint density at radius 1 is 1.03 bits per heavy atom. The van der Waals surface area contributed by atoms with E-state index >= 15 is 0 Å². The number of fused-ring (bicyclic) bond motifs is 2. The monoisotopic (exact) mass is 391 g/mol. The van der Waals surface area contributed by atoms with Crippen molar-refractivity contribution >= 4 is 28.8 Å². The number of amides is 2. The molecule has 0 fully saturated rings. The van der Waals surface area contributed by atoms with E-state index in [0.29, 0.717) is 23.3 Å². The third kappa shape index (κ3) is 2.98. The number of benzene rings is 2. The molecule has 8 nitrogen and oxygen atoms in total. The van der Waals surface area contributed by atoms with Crippen LogP contribution in [0.2, 0.25) is 0 Å². The van der Waals surface area contributed by atoms with E-state index in [1.807, 2.05) is 6.92 Å². The van der Waals surface area contributed by atoms with Crippen molar-refractivity contribution in [3.05, 3.63) is 75.2 Å². The summed E-state index contributed by atoms with van der Waals surface area (Å²) in [5.74, 6) is -1.69. The minimum atomic E-state index is -0.697. The van der Waals surface area contributed by atoms with Crippen LogP contribution >= 0.6 is 0 Å². The number of ether oxygens (including phenoxy) is 1. The van der Waals surface area contributed by atoms with E-state index in [9.17, 15) is 19.2 Å². The van der Waals surface area contributed by atoms with E-state index in [1.54, 1.807) is 41.8 Å². The van der Waals surface area contributed by atoms with Gasteiger partial charge in [0.15, 0.2) is 6.73 Å². The molecule has 1 aliphatic heterocycles. The minimum absolute atomic E-state index is 0.180. The molecule has 0 atom stereocenters. The number of hydrogen-bond acceptors (Lipinski definition) is 6. The molecule has 0 N–H and O–H groups in total. The first kappa shape index (κ1) is 18.5. The number of rotatable bonds is 4. The second kappa shape index (κ2) is 6.97. The minimum Gasteiger partial charge on any atom is -0.440 e. The van der Waals surface area contributed by atoms with E-state index in [1.165, 1.54) is 12.1 Å². The molecule has 4 rings (SSSR count). The van der Waals surface area contributed by atoms with Crippen molar-refractivity contribution < 1.29 is 19.1 Å². The van der Waals surface area contributed by atoms with Crippen molar-refractivity contribution in [3.63, 3.8) is 0 Å². The second-order valence-electron chi connectivity index (χ2n) is 6.59. The molecule has 2 amide bonds. The summed E-state index contributed by atoms with van der Waals surface area (Å²) in [6.07, 6.45) is 0. The van der Waals surface area contributed by atoms with Crippen LogP contribution in [0.25, 0.3) is 11.0 Å². The number of aromatic nitrogens is 2. The third-order valence-corrected chi connectivity index (χ3v) is 4.86. The van der Waals surface area contributed by atoms with Crippen LogP contribution in [0.5, 0.6) is 0 Å². The van der Waals surface area contributed by atoms with Crippen molar-refractivity contribution in [3.8, 4) is 0 Å². The van der Waals surface area contributed by atoms with Crippen LogP contribution in [0.15, 0.2) is 47.3 Å². The maximum Gasteiger partial charge on any atom is 0.339 e. The predicted molar refractivity (Wildman–Crippen MR) is 104 cm³/mol. The van der Waals surface area contributed by atoms with E-state index < -0.39 is 24.5 Å². The summed E-state index contributed by atoms with van der Waals surface area (Å²) in [5.41, 5.74) is 2.03. The van der Waals surface area contributed by atoms with Crippen molar-refractivity contribution in [2.75, 3.05) is 6.73 Å². The van der Waals surface area contributed by atoms with Gasteiger partial charge in [-0.2, -0.15) is 0 Å². The zero-order chi connectivity index (χ0) is 20.7. The van der Waals surface area contributed by atoms with Gasteiger partial charge in [-0.05, 0) is 44.2 Å². The van der Waals surface area contributed by atoms with E-state index in [-0.39, 0.29) is 22.2 Å². The average molecular weight is 391 g/mol. The van der Waals surface area contributed by atoms with Crippen LogP contribution in [-0.2, 0) is 11.3 Å². The molecule has 0 aliphatic carbocycles. The summed E-state index contributed by atoms with van der Waals surface area (Å²) >= 11 is 0. The quantitative estimate of drug-likeness (QED) is 0.499. The van der Waals surface area contributed by atoms with Gasteiger partial charge < -0.3 is 9.30 Å². The average Bonchev–Trinajstić information content (AvgIpc) is 2.97. The Bertz CT molecular complexity index is 1210. The zero-order valence-electron chi connectivity index (χ0n) is 15.8. The van der Waals surface area contributed by atoms with Gasteiger partial charge in [-0.3, -0.25) is 14.4 Å². The number of esters is 1. The molecule has 0 spiro atoms. The van der Waals surface area contributed by atoms with Crippen LogP contribution in [0.3, 0.4) is 0 Å². The summed E-state index contributed by atoms with van der Waals surface area (Å²) in [4.78, 5) is 54.5. The molecule has 0 saturated carbocycles. The maximum absolute atomic E-state index is 12.5. The maximum atomic E-state index is 12.5. The van der Waals surface area contributed by atoms with Gasteiger partial charge in [0, 0.05) is 6.54 Å². The van der Waals surface area contributed by atoms with E-state index in [2.05, 4.69) is 4.98 Å². The third-order valence-electron chi connectivity index (χ3n) is 4.86. The molecule has 0 radical (unpaired) electrons. The van der Waals surface area contributed by atoms with Gasteiger partial charge in [-0.1, -0.05) is 12.1 Å². The second-order valence-corrected chi connectivity index (χ2v) is 6.59. The lowest BCUT2D eigenvalue weighted by molar-refractivity contribution is 0.0228. The molecule has 0 unspecified atom stereocenters. The Balaban J connectivity index is 1.56. The summed E-state index contributed by atoms with van der Waals surface area (Å²) < 4.78 is 6.77. The molecule has 3 aromatic rings. The summed E-state index contributed by atoms with van der Waals surface area (Å²) in [7, 11) is 0. The summed E-state index contributed by atoms with van der Waals surface area (Å²) in [6, 6.07) is 11.1. The molecule has 8 heteroatoms. The number of imide groups is 1. The molecule has 2 aromatic carbocycles. The first-order chi connectivity index (χ1) is 13.9. The smallest absolute Gasteiger partial charge is 0.339 e. The normalized spacial score (nSPS) is 13.1. The van der Waals surface area contributed by atoms with Crippen LogP contribution in [0.4, 0.5) is 0 Å². The SMILES string of the molecule is CCn1c(=O)c(C)nc2cc(C(=O)OCN3C(=O)c4ccccc4C3=O)ccc21. The molecule has 1 aliphatic rings. The highest BCUT2D eigenvalue weighted by Crippen LogP contribution is 2.22. The van der Waals surface area contributed by atoms with Gasteiger partial charge in [0.1, 0.15) is 5.69 Å². The molecule has 29 heavy (non-hydrogen) atoms. The van der Waals surface area contributed by atoms with Crippen LogP contribution in [-0.4, -0.2) is 39.0 Å². The lowest BCUT2D eigenvalue weighted by Crippen LogP contribution is -2.33. The Morgan fingerprint density at radius 3 is 2.31 bits per heavy atom. The Hall–Kier alpha value is -3.81. The summed E-state index contributed by atoms with van der Waals surface area (Å²) in [5, 5.41) is 0. The topological polar surface area (TPSA) is 98.6 Å². The standard InChI is InChI=1S/C21H17N3O5/c1-3-23-17-9-8-13(10-16(17)22-12(2)18(23)25)21(28)29-11-24-19(26)14-6-4-5-7-15(14)20(24)27/h4-10H,3,11H2,1-2H3. The fraction of sp³-hybridized carbons (Fsp3) is 0.190. The number of nitrogens with zero attached hydrogens (tertiary/aromatic N) is 3. The largest absolute Gasteiger partial charge is 0.440 e. The Kier molecular flexibility index (Phi) is 4.46. The number of hydrogen-bond donors (Lipinski definition) is 0.